The fourth-order valence-electron chi connectivity index (χ4n) is 2.49. The quantitative estimate of drug-likeness (QED) is 0.299. The van der Waals surface area contributed by atoms with Crippen LogP contribution in [0.25, 0.3) is 11.3 Å². The van der Waals surface area contributed by atoms with Crippen molar-refractivity contribution >= 4 is 23.7 Å². The summed E-state index contributed by atoms with van der Waals surface area (Å²) in [7, 11) is 1.32. The number of nitrogens with zero attached hydrogens (tertiary/aromatic N) is 3. The van der Waals surface area contributed by atoms with E-state index >= 15 is 0 Å². The summed E-state index contributed by atoms with van der Waals surface area (Å²) in [6.45, 7) is 1.90. The molecule has 1 aromatic carbocycles. The van der Waals surface area contributed by atoms with Crippen LogP contribution in [0.2, 0.25) is 0 Å². The lowest BCUT2D eigenvalue weighted by molar-refractivity contribution is -0.384. The van der Waals surface area contributed by atoms with E-state index in [1.165, 1.54) is 31.7 Å². The number of carbonyl (C=O) groups is 1. The van der Waals surface area contributed by atoms with Gasteiger partial charge < -0.3 is 9.15 Å². The number of pyridine rings is 1. The molecular weight excluding hydrogens is 364 g/mol. The molecule has 9 nitrogen and oxygen atoms in total. The molecule has 0 saturated carbocycles. The van der Waals surface area contributed by atoms with Gasteiger partial charge in [-0.1, -0.05) is 6.07 Å². The minimum atomic E-state index is -0.549. The van der Waals surface area contributed by atoms with Crippen molar-refractivity contribution in [3.63, 3.8) is 0 Å². The number of aryl methyl sites for hydroxylation is 1. The molecule has 9 heteroatoms. The van der Waals surface area contributed by atoms with Crippen LogP contribution in [-0.4, -0.2) is 29.2 Å². The second-order valence-electron chi connectivity index (χ2n) is 5.72. The zero-order valence-electron chi connectivity index (χ0n) is 15.1. The first-order valence-electron chi connectivity index (χ1n) is 8.17. The van der Waals surface area contributed by atoms with Crippen LogP contribution in [0.5, 0.6) is 0 Å². The van der Waals surface area contributed by atoms with Crippen molar-refractivity contribution in [3.05, 3.63) is 75.7 Å². The average molecular weight is 380 g/mol. The van der Waals surface area contributed by atoms with Gasteiger partial charge in [-0.05, 0) is 42.8 Å². The van der Waals surface area contributed by atoms with Crippen molar-refractivity contribution in [2.24, 2.45) is 5.10 Å². The van der Waals surface area contributed by atoms with Crippen molar-refractivity contribution in [1.29, 1.82) is 0 Å². The number of methoxy groups -OCH3 is 1. The molecule has 2 heterocycles. The predicted molar refractivity (Wildman–Crippen MR) is 102 cm³/mol. The predicted octanol–water partition coefficient (Wildman–Crippen LogP) is 3.79. The van der Waals surface area contributed by atoms with Gasteiger partial charge in [-0.15, -0.1) is 0 Å². The number of rotatable bonds is 6. The van der Waals surface area contributed by atoms with Gasteiger partial charge in [0.15, 0.2) is 0 Å². The Kier molecular flexibility index (Phi) is 5.45. The van der Waals surface area contributed by atoms with E-state index in [2.05, 4.69) is 15.5 Å². The summed E-state index contributed by atoms with van der Waals surface area (Å²) in [5.41, 5.74) is 4.43. The Morgan fingerprint density at radius 2 is 2.14 bits per heavy atom. The number of nitrogens with one attached hydrogen (secondary N) is 1. The first kappa shape index (κ1) is 18.8. The number of anilines is 1. The summed E-state index contributed by atoms with van der Waals surface area (Å²) in [4.78, 5) is 26.0. The molecular formula is C19H16N4O5. The van der Waals surface area contributed by atoms with Crippen molar-refractivity contribution in [1.82, 2.24) is 4.98 Å². The maximum Gasteiger partial charge on any atom is 0.337 e. The average Bonchev–Trinajstić information content (AvgIpc) is 3.16. The lowest BCUT2D eigenvalue weighted by Gasteiger charge is -2.05. The largest absolute Gasteiger partial charge is 0.465 e. The zero-order chi connectivity index (χ0) is 20.1. The third-order valence-electron chi connectivity index (χ3n) is 3.90. The third-order valence-corrected chi connectivity index (χ3v) is 3.90. The molecule has 0 fully saturated rings. The first-order valence-corrected chi connectivity index (χ1v) is 8.17. The van der Waals surface area contributed by atoms with Gasteiger partial charge in [0.1, 0.15) is 11.5 Å². The third kappa shape index (κ3) is 4.04. The Bertz CT molecular complexity index is 1060. The number of carbonyl (C=O) groups excluding carboxylic acids is 1. The molecule has 0 aliphatic heterocycles. The van der Waals surface area contributed by atoms with Gasteiger partial charge in [-0.2, -0.15) is 5.10 Å². The summed E-state index contributed by atoms with van der Waals surface area (Å²) in [5, 5.41) is 14.9. The monoisotopic (exact) mass is 380 g/mol. The van der Waals surface area contributed by atoms with Gasteiger partial charge in [0.05, 0.1) is 23.8 Å². The minimum Gasteiger partial charge on any atom is -0.465 e. The summed E-state index contributed by atoms with van der Waals surface area (Å²) < 4.78 is 10.5. The van der Waals surface area contributed by atoms with Crippen molar-refractivity contribution < 1.29 is 18.9 Å². The van der Waals surface area contributed by atoms with Crippen LogP contribution in [0.15, 0.2) is 58.2 Å². The Morgan fingerprint density at radius 3 is 2.89 bits per heavy atom. The number of ether oxygens (including phenoxy) is 1. The van der Waals surface area contributed by atoms with Gasteiger partial charge in [0, 0.05) is 17.8 Å². The fraction of sp³-hybridized carbons (Fsp3) is 0.105. The van der Waals surface area contributed by atoms with Crippen molar-refractivity contribution in [2.75, 3.05) is 12.5 Å². The Morgan fingerprint density at radius 1 is 1.32 bits per heavy atom. The van der Waals surface area contributed by atoms with E-state index in [0.717, 1.165) is 11.1 Å². The molecule has 3 rings (SSSR count). The molecule has 0 saturated heterocycles. The number of hydrogen-bond donors (Lipinski definition) is 1. The minimum absolute atomic E-state index is 0.0251. The SMILES string of the molecule is COC(=O)c1ccc(C)c(-c2ccc(/C=N\Nc3ncccc3[N+](=O)[O-])o2)c1. The first-order chi connectivity index (χ1) is 13.5. The molecule has 3 aromatic rings. The number of aromatic nitrogens is 1. The molecule has 0 bridgehead atoms. The molecule has 0 unspecified atom stereocenters. The van der Waals surface area contributed by atoms with E-state index in [-0.39, 0.29) is 11.5 Å². The Hall–Kier alpha value is -4.01. The van der Waals surface area contributed by atoms with Crippen LogP contribution in [-0.2, 0) is 4.74 Å². The van der Waals surface area contributed by atoms with Crippen LogP contribution < -0.4 is 5.43 Å². The van der Waals surface area contributed by atoms with Crippen molar-refractivity contribution in [2.45, 2.75) is 6.92 Å². The normalized spacial score (nSPS) is 10.8. The molecule has 1 N–H and O–H groups in total. The van der Waals surface area contributed by atoms with Crippen LogP contribution in [0, 0.1) is 17.0 Å². The Labute approximate surface area is 159 Å². The van der Waals surface area contributed by atoms with E-state index in [1.54, 1.807) is 30.3 Å². The van der Waals surface area contributed by atoms with Gasteiger partial charge >= 0.3 is 11.7 Å². The highest BCUT2D eigenvalue weighted by Gasteiger charge is 2.14. The fourth-order valence-corrected chi connectivity index (χ4v) is 2.49. The number of hydrazone groups is 1. The van der Waals surface area contributed by atoms with Crippen LogP contribution in [0.4, 0.5) is 11.5 Å². The van der Waals surface area contributed by atoms with Gasteiger partial charge in [0.25, 0.3) is 0 Å². The maximum atomic E-state index is 11.7. The molecule has 0 radical (unpaired) electrons. The van der Waals surface area contributed by atoms with E-state index < -0.39 is 10.9 Å². The van der Waals surface area contributed by atoms with Gasteiger partial charge in [-0.25, -0.2) is 9.78 Å². The highest BCUT2D eigenvalue weighted by molar-refractivity contribution is 5.91. The highest BCUT2D eigenvalue weighted by Crippen LogP contribution is 2.27. The molecule has 0 atom stereocenters. The van der Waals surface area contributed by atoms with Crippen LogP contribution in [0.3, 0.4) is 0 Å². The summed E-state index contributed by atoms with van der Waals surface area (Å²) in [6.07, 6.45) is 2.80. The second kappa shape index (κ2) is 8.12. The molecule has 0 aliphatic rings. The number of hydrogen-bond acceptors (Lipinski definition) is 8. The van der Waals surface area contributed by atoms with E-state index in [9.17, 15) is 14.9 Å². The zero-order valence-corrected chi connectivity index (χ0v) is 15.1. The molecule has 142 valence electrons. The lowest BCUT2D eigenvalue weighted by atomic mass is 10.0. The molecule has 28 heavy (non-hydrogen) atoms. The topological polar surface area (TPSA) is 120 Å². The number of furan rings is 1. The van der Waals surface area contributed by atoms with Gasteiger partial charge in [-0.3, -0.25) is 15.5 Å². The molecule has 2 aromatic heterocycles. The standard InChI is InChI=1S/C19H16N4O5/c1-12-5-6-13(19(24)27-2)10-15(12)17-8-7-14(28-17)11-21-22-18-16(23(25)26)4-3-9-20-18/h3-11H,1-2H3,(H,20,22)/b21-11-. The maximum absolute atomic E-state index is 11.7. The smallest absolute Gasteiger partial charge is 0.337 e. The molecule has 0 aliphatic carbocycles. The number of nitro groups is 1. The Balaban J connectivity index is 1.79. The molecule has 0 amide bonds. The van der Waals surface area contributed by atoms with E-state index in [1.807, 2.05) is 6.92 Å². The van der Waals surface area contributed by atoms with Crippen LogP contribution >= 0.6 is 0 Å². The number of benzene rings is 1. The summed E-state index contributed by atoms with van der Waals surface area (Å²) in [6, 6.07) is 11.4. The summed E-state index contributed by atoms with van der Waals surface area (Å²) >= 11 is 0. The van der Waals surface area contributed by atoms with E-state index in [4.69, 9.17) is 9.15 Å². The lowest BCUT2D eigenvalue weighted by Crippen LogP contribution is -2.01. The van der Waals surface area contributed by atoms with E-state index in [0.29, 0.717) is 17.1 Å². The molecule has 0 spiro atoms. The van der Waals surface area contributed by atoms with Crippen LogP contribution in [0.1, 0.15) is 21.7 Å². The second-order valence-corrected chi connectivity index (χ2v) is 5.72. The van der Waals surface area contributed by atoms with Crippen molar-refractivity contribution in [3.8, 4) is 11.3 Å². The highest BCUT2D eigenvalue weighted by atomic mass is 16.6. The summed E-state index contributed by atoms with van der Waals surface area (Å²) in [5.74, 6) is 0.561. The number of esters is 1. The van der Waals surface area contributed by atoms with Gasteiger partial charge in [0.2, 0.25) is 5.82 Å².